The Balaban J connectivity index is 1.23. The Labute approximate surface area is 186 Å². The van der Waals surface area contributed by atoms with Crippen LogP contribution in [0.15, 0.2) is 12.5 Å². The number of rotatable bonds is 4. The molecule has 1 saturated carbocycles. The molecule has 0 radical (unpaired) electrons. The first kappa shape index (κ1) is 20.1. The van der Waals surface area contributed by atoms with E-state index >= 15 is 0 Å². The van der Waals surface area contributed by atoms with Gasteiger partial charge in [0.1, 0.15) is 23.3 Å². The molecule has 10 heteroatoms. The number of morpholine rings is 2. The Morgan fingerprint density at radius 1 is 0.906 bits per heavy atom. The fraction of sp³-hybridized carbons (Fsp3) is 0.636. The van der Waals surface area contributed by atoms with Gasteiger partial charge in [0, 0.05) is 38.3 Å². The SMILES string of the molecule is c1nc(N[C@H]2CC[C@H](N3CCOCC3)CC2)c2c(n1)[nH]c1cnc(N3CCOCC3)nc12. The zero-order valence-electron chi connectivity index (χ0n) is 18.3. The molecule has 3 aromatic rings. The van der Waals surface area contributed by atoms with Crippen molar-refractivity contribution in [3.05, 3.63) is 12.5 Å². The number of nitrogens with one attached hydrogen (secondary N) is 2. The molecule has 10 nitrogen and oxygen atoms in total. The van der Waals surface area contributed by atoms with Crippen LogP contribution in [-0.4, -0.2) is 94.5 Å². The van der Waals surface area contributed by atoms with Gasteiger partial charge in [0.05, 0.1) is 43.5 Å². The molecular formula is C22H30N8O2. The third kappa shape index (κ3) is 3.87. The molecule has 2 saturated heterocycles. The predicted octanol–water partition coefficient (Wildman–Crippen LogP) is 1.79. The molecule has 3 aliphatic rings. The molecule has 2 N–H and O–H groups in total. The Morgan fingerprint density at radius 2 is 1.66 bits per heavy atom. The summed E-state index contributed by atoms with van der Waals surface area (Å²) in [5.41, 5.74) is 2.56. The average Bonchev–Trinajstić information content (AvgIpc) is 3.24. The summed E-state index contributed by atoms with van der Waals surface area (Å²) in [5.74, 6) is 1.60. The standard InChI is InChI=1S/C22H30N8O2/c1-3-16(29-5-9-31-10-6-29)4-2-15(1)26-20-18-19-17(27-21(18)25-14-24-20)13-23-22(28-19)30-7-11-32-12-8-30/h13-16H,1-12H2,(H2,24,25,26,27)/t15-,16-. The molecular weight excluding hydrogens is 408 g/mol. The summed E-state index contributed by atoms with van der Waals surface area (Å²) in [6.07, 6.45) is 8.18. The van der Waals surface area contributed by atoms with Gasteiger partial charge in [-0.3, -0.25) is 4.90 Å². The maximum atomic E-state index is 5.52. The maximum absolute atomic E-state index is 5.52. The summed E-state index contributed by atoms with van der Waals surface area (Å²) in [5, 5.41) is 4.67. The molecule has 0 amide bonds. The number of anilines is 2. The van der Waals surface area contributed by atoms with Gasteiger partial charge in [-0.25, -0.2) is 19.9 Å². The Morgan fingerprint density at radius 3 is 2.44 bits per heavy atom. The van der Waals surface area contributed by atoms with Gasteiger partial charge in [-0.15, -0.1) is 0 Å². The third-order valence-electron chi connectivity index (χ3n) is 7.01. The number of aromatic amines is 1. The van der Waals surface area contributed by atoms with Crippen molar-refractivity contribution in [2.24, 2.45) is 0 Å². The first-order valence-electron chi connectivity index (χ1n) is 11.8. The van der Waals surface area contributed by atoms with E-state index in [2.05, 4.69) is 35.1 Å². The van der Waals surface area contributed by atoms with E-state index in [-0.39, 0.29) is 0 Å². The maximum Gasteiger partial charge on any atom is 0.226 e. The Hall–Kier alpha value is -2.56. The van der Waals surface area contributed by atoms with E-state index in [1.807, 2.05) is 6.20 Å². The van der Waals surface area contributed by atoms with Crippen molar-refractivity contribution in [1.29, 1.82) is 0 Å². The van der Waals surface area contributed by atoms with Gasteiger partial charge in [0.15, 0.2) is 0 Å². The van der Waals surface area contributed by atoms with Gasteiger partial charge in [0.25, 0.3) is 0 Å². The monoisotopic (exact) mass is 438 g/mol. The second kappa shape index (κ2) is 8.76. The second-order valence-corrected chi connectivity index (χ2v) is 8.90. The molecule has 0 spiro atoms. The first-order valence-corrected chi connectivity index (χ1v) is 11.8. The molecule has 3 fully saturated rings. The number of hydrogen-bond donors (Lipinski definition) is 2. The molecule has 0 aromatic carbocycles. The van der Waals surface area contributed by atoms with E-state index in [9.17, 15) is 0 Å². The summed E-state index contributed by atoms with van der Waals surface area (Å²) in [6.45, 7) is 6.89. The summed E-state index contributed by atoms with van der Waals surface area (Å²) < 4.78 is 11.0. The average molecular weight is 439 g/mol. The van der Waals surface area contributed by atoms with Crippen LogP contribution >= 0.6 is 0 Å². The summed E-state index contributed by atoms with van der Waals surface area (Å²) in [4.78, 5) is 26.7. The van der Waals surface area contributed by atoms with Gasteiger partial charge in [-0.05, 0) is 25.7 Å². The number of nitrogens with zero attached hydrogens (tertiary/aromatic N) is 6. The van der Waals surface area contributed by atoms with Gasteiger partial charge in [-0.1, -0.05) is 0 Å². The van der Waals surface area contributed by atoms with Gasteiger partial charge in [0.2, 0.25) is 5.95 Å². The van der Waals surface area contributed by atoms with Crippen molar-refractivity contribution in [2.45, 2.75) is 37.8 Å². The summed E-state index contributed by atoms with van der Waals surface area (Å²) >= 11 is 0. The number of H-pyrrole nitrogens is 1. The zero-order valence-corrected chi connectivity index (χ0v) is 18.3. The highest BCUT2D eigenvalue weighted by Crippen LogP contribution is 2.31. The minimum atomic E-state index is 0.413. The van der Waals surface area contributed by atoms with Crippen LogP contribution in [-0.2, 0) is 9.47 Å². The normalized spacial score (nSPS) is 25.4. The molecule has 170 valence electrons. The summed E-state index contributed by atoms with van der Waals surface area (Å²) in [6, 6.07) is 1.09. The van der Waals surface area contributed by atoms with E-state index in [0.717, 1.165) is 86.1 Å². The zero-order chi connectivity index (χ0) is 21.3. The molecule has 5 heterocycles. The molecule has 0 bridgehead atoms. The second-order valence-electron chi connectivity index (χ2n) is 8.90. The predicted molar refractivity (Wildman–Crippen MR) is 122 cm³/mol. The van der Waals surface area contributed by atoms with E-state index in [4.69, 9.17) is 14.5 Å². The van der Waals surface area contributed by atoms with Crippen LogP contribution in [0.5, 0.6) is 0 Å². The Kier molecular flexibility index (Phi) is 5.50. The van der Waals surface area contributed by atoms with Crippen LogP contribution in [0.2, 0.25) is 0 Å². The van der Waals surface area contributed by atoms with Gasteiger partial charge in [-0.2, -0.15) is 0 Å². The van der Waals surface area contributed by atoms with E-state index in [0.29, 0.717) is 25.3 Å². The number of aromatic nitrogens is 5. The molecule has 3 aromatic heterocycles. The molecule has 0 atom stereocenters. The minimum absolute atomic E-state index is 0.413. The lowest BCUT2D eigenvalue weighted by molar-refractivity contribution is 0.00791. The van der Waals surface area contributed by atoms with E-state index in [1.54, 1.807) is 6.33 Å². The van der Waals surface area contributed by atoms with Crippen LogP contribution < -0.4 is 10.2 Å². The topological polar surface area (TPSA) is 104 Å². The quantitative estimate of drug-likeness (QED) is 0.631. The fourth-order valence-electron chi connectivity index (χ4n) is 5.23. The van der Waals surface area contributed by atoms with Crippen molar-refractivity contribution < 1.29 is 9.47 Å². The lowest BCUT2D eigenvalue weighted by Crippen LogP contribution is -2.46. The van der Waals surface area contributed by atoms with Crippen molar-refractivity contribution in [2.75, 3.05) is 62.8 Å². The van der Waals surface area contributed by atoms with Crippen LogP contribution in [0.1, 0.15) is 25.7 Å². The van der Waals surface area contributed by atoms with Crippen LogP contribution in [0.4, 0.5) is 11.8 Å². The number of hydrogen-bond acceptors (Lipinski definition) is 9. The van der Waals surface area contributed by atoms with Gasteiger partial charge >= 0.3 is 0 Å². The van der Waals surface area contributed by atoms with E-state index < -0.39 is 0 Å². The van der Waals surface area contributed by atoms with Crippen molar-refractivity contribution >= 4 is 33.8 Å². The summed E-state index contributed by atoms with van der Waals surface area (Å²) in [7, 11) is 0. The van der Waals surface area contributed by atoms with Crippen LogP contribution in [0, 0.1) is 0 Å². The number of fused-ring (bicyclic) bond motifs is 3. The third-order valence-corrected chi connectivity index (χ3v) is 7.01. The molecule has 1 aliphatic carbocycles. The molecule has 0 unspecified atom stereocenters. The fourth-order valence-corrected chi connectivity index (χ4v) is 5.23. The van der Waals surface area contributed by atoms with Crippen molar-refractivity contribution in [3.8, 4) is 0 Å². The highest BCUT2D eigenvalue weighted by atomic mass is 16.5. The number of ether oxygens (including phenoxy) is 2. The highest BCUT2D eigenvalue weighted by molar-refractivity contribution is 6.09. The van der Waals surface area contributed by atoms with Crippen molar-refractivity contribution in [1.82, 2.24) is 29.8 Å². The lowest BCUT2D eigenvalue weighted by atomic mass is 9.90. The van der Waals surface area contributed by atoms with Gasteiger partial charge < -0.3 is 24.7 Å². The van der Waals surface area contributed by atoms with Crippen molar-refractivity contribution in [3.63, 3.8) is 0 Å². The highest BCUT2D eigenvalue weighted by Gasteiger charge is 2.28. The van der Waals surface area contributed by atoms with E-state index in [1.165, 1.54) is 12.8 Å². The molecule has 2 aliphatic heterocycles. The smallest absolute Gasteiger partial charge is 0.226 e. The first-order chi connectivity index (χ1) is 15.8. The van der Waals surface area contributed by atoms with Crippen LogP contribution in [0.3, 0.4) is 0 Å². The molecule has 32 heavy (non-hydrogen) atoms. The minimum Gasteiger partial charge on any atom is -0.379 e. The Bertz CT molecular complexity index is 1070. The van der Waals surface area contributed by atoms with Crippen LogP contribution in [0.25, 0.3) is 22.1 Å². The lowest BCUT2D eigenvalue weighted by Gasteiger charge is -2.39. The largest absolute Gasteiger partial charge is 0.379 e. The molecule has 6 rings (SSSR count).